The van der Waals surface area contributed by atoms with Crippen molar-refractivity contribution in [1.29, 1.82) is 0 Å². The van der Waals surface area contributed by atoms with Crippen LogP contribution in [0.1, 0.15) is 36.2 Å². The standard InChI is InChI=1S/C27H31F4N3O4/c1-17-14-20-19-6-3-4-7-22(19)33-24(20)25(34(17)16-27(29,30)31)21-15-18(8-9-23(21)36-2)37-13-11-32-26(35)38-12-5-10-28/h3-4,6-9,15,17,25,33H,5,10-14,16H2,1-2H3,(H,32,35)/t17-,25-/m1/s1. The van der Waals surface area contributed by atoms with Gasteiger partial charge in [0, 0.05) is 34.6 Å². The highest BCUT2D eigenvalue weighted by atomic mass is 19.4. The van der Waals surface area contributed by atoms with E-state index in [-0.39, 0.29) is 26.2 Å². The van der Waals surface area contributed by atoms with Crippen molar-refractivity contribution in [3.8, 4) is 11.5 Å². The topological polar surface area (TPSA) is 75.8 Å². The number of carbonyl (C=O) groups is 1. The molecule has 0 aliphatic carbocycles. The maximum atomic E-state index is 13.7. The summed E-state index contributed by atoms with van der Waals surface area (Å²) in [6, 6.07) is 11.5. The van der Waals surface area contributed by atoms with Crippen LogP contribution in [0.25, 0.3) is 10.9 Å². The van der Waals surface area contributed by atoms with Gasteiger partial charge in [-0.25, -0.2) is 4.79 Å². The second-order valence-corrected chi connectivity index (χ2v) is 9.16. The van der Waals surface area contributed by atoms with Gasteiger partial charge in [0.15, 0.2) is 0 Å². The molecule has 4 rings (SSSR count). The second-order valence-electron chi connectivity index (χ2n) is 9.16. The number of ether oxygens (including phenoxy) is 3. The average molecular weight is 538 g/mol. The lowest BCUT2D eigenvalue weighted by atomic mass is 9.88. The van der Waals surface area contributed by atoms with E-state index in [0.717, 1.165) is 16.5 Å². The summed E-state index contributed by atoms with van der Waals surface area (Å²) in [4.78, 5) is 16.4. The Balaban J connectivity index is 1.63. The van der Waals surface area contributed by atoms with E-state index >= 15 is 0 Å². The Hall–Kier alpha value is -3.47. The Labute approximate surface area is 218 Å². The fraction of sp³-hybridized carbons (Fsp3) is 0.444. The molecule has 1 aliphatic heterocycles. The first-order valence-corrected chi connectivity index (χ1v) is 12.4. The smallest absolute Gasteiger partial charge is 0.407 e. The first kappa shape index (κ1) is 27.6. The van der Waals surface area contributed by atoms with Crippen LogP contribution in [0.15, 0.2) is 42.5 Å². The monoisotopic (exact) mass is 537 g/mol. The van der Waals surface area contributed by atoms with Crippen molar-refractivity contribution in [2.75, 3.05) is 40.1 Å². The van der Waals surface area contributed by atoms with E-state index in [2.05, 4.69) is 10.3 Å². The molecule has 0 radical (unpaired) electrons. The van der Waals surface area contributed by atoms with Crippen molar-refractivity contribution >= 4 is 17.0 Å². The van der Waals surface area contributed by atoms with E-state index in [1.807, 2.05) is 24.3 Å². The first-order valence-electron chi connectivity index (χ1n) is 12.4. The molecule has 0 spiro atoms. The number of hydrogen-bond donors (Lipinski definition) is 2. The van der Waals surface area contributed by atoms with Crippen molar-refractivity contribution in [3.05, 3.63) is 59.3 Å². The van der Waals surface area contributed by atoms with Gasteiger partial charge in [0.1, 0.15) is 18.1 Å². The van der Waals surface area contributed by atoms with Crippen LogP contribution in [0.3, 0.4) is 0 Å². The number of carbonyl (C=O) groups excluding carboxylic acids is 1. The van der Waals surface area contributed by atoms with Gasteiger partial charge < -0.3 is 24.5 Å². The zero-order valence-corrected chi connectivity index (χ0v) is 21.2. The molecule has 1 aliphatic rings. The third kappa shape index (κ3) is 6.32. The minimum atomic E-state index is -4.40. The SMILES string of the molecule is COc1ccc(OCCNC(=O)OCCCF)cc1[C@@H]1c2[nH]c3ccccc3c2C[C@@H](C)N1CC(F)(F)F. The van der Waals surface area contributed by atoms with Gasteiger partial charge in [0.05, 0.1) is 39.5 Å². The van der Waals surface area contributed by atoms with Gasteiger partial charge in [-0.1, -0.05) is 18.2 Å². The number of para-hydroxylation sites is 1. The quantitative estimate of drug-likeness (QED) is 0.262. The predicted octanol–water partition coefficient (Wildman–Crippen LogP) is 5.54. The van der Waals surface area contributed by atoms with Crippen LogP contribution >= 0.6 is 0 Å². The summed E-state index contributed by atoms with van der Waals surface area (Å²) >= 11 is 0. The number of H-pyrrole nitrogens is 1. The van der Waals surface area contributed by atoms with Gasteiger partial charge in [-0.05, 0) is 43.2 Å². The third-order valence-electron chi connectivity index (χ3n) is 6.53. The van der Waals surface area contributed by atoms with Gasteiger partial charge in [-0.3, -0.25) is 9.29 Å². The average Bonchev–Trinajstić information content (AvgIpc) is 3.24. The van der Waals surface area contributed by atoms with Crippen LogP contribution < -0.4 is 14.8 Å². The number of alkyl halides is 4. The van der Waals surface area contributed by atoms with E-state index in [1.54, 1.807) is 25.1 Å². The summed E-state index contributed by atoms with van der Waals surface area (Å²) in [6.45, 7) is 0.341. The van der Waals surface area contributed by atoms with Crippen LogP contribution in [0.5, 0.6) is 11.5 Å². The molecule has 2 N–H and O–H groups in total. The van der Waals surface area contributed by atoms with Crippen LogP contribution in [-0.4, -0.2) is 68.3 Å². The van der Waals surface area contributed by atoms with Crippen LogP contribution in [-0.2, 0) is 11.2 Å². The molecule has 0 bridgehead atoms. The molecule has 0 unspecified atom stereocenters. The van der Waals surface area contributed by atoms with Crippen LogP contribution in [0, 0.1) is 0 Å². The molecule has 2 aromatic carbocycles. The zero-order valence-electron chi connectivity index (χ0n) is 21.2. The molecule has 0 saturated heterocycles. The minimum absolute atomic E-state index is 0.0188. The lowest BCUT2D eigenvalue weighted by molar-refractivity contribution is -0.155. The molecular weight excluding hydrogens is 506 g/mol. The summed E-state index contributed by atoms with van der Waals surface area (Å²) in [6.07, 6.45) is -4.48. The number of aromatic amines is 1. The number of fused-ring (bicyclic) bond motifs is 3. The molecule has 7 nitrogen and oxygen atoms in total. The summed E-state index contributed by atoms with van der Waals surface area (Å²) in [5.74, 6) is 0.846. The molecule has 2 heterocycles. The van der Waals surface area contributed by atoms with Crippen molar-refractivity contribution in [3.63, 3.8) is 0 Å². The number of benzene rings is 2. The predicted molar refractivity (Wildman–Crippen MR) is 135 cm³/mol. The summed E-state index contributed by atoms with van der Waals surface area (Å²) in [5.41, 5.74) is 3.08. The number of methoxy groups -OCH3 is 1. The number of halogens is 4. The minimum Gasteiger partial charge on any atom is -0.496 e. The van der Waals surface area contributed by atoms with E-state index in [1.165, 1.54) is 12.0 Å². The summed E-state index contributed by atoms with van der Waals surface area (Å²) < 4.78 is 69.5. The van der Waals surface area contributed by atoms with Gasteiger partial charge in [0.2, 0.25) is 0 Å². The number of alkyl carbamates (subject to hydrolysis) is 1. The van der Waals surface area contributed by atoms with Crippen LogP contribution in [0.2, 0.25) is 0 Å². The Bertz CT molecular complexity index is 1250. The lowest BCUT2D eigenvalue weighted by Crippen LogP contribution is -2.47. The van der Waals surface area contributed by atoms with Gasteiger partial charge in [-0.15, -0.1) is 0 Å². The Morgan fingerprint density at radius 1 is 1.18 bits per heavy atom. The Kier molecular flexibility index (Phi) is 8.65. The Morgan fingerprint density at radius 3 is 2.71 bits per heavy atom. The molecule has 0 fully saturated rings. The van der Waals surface area contributed by atoms with Gasteiger partial charge in [-0.2, -0.15) is 13.2 Å². The molecular formula is C27H31F4N3O4. The largest absolute Gasteiger partial charge is 0.496 e. The molecule has 0 saturated carbocycles. The maximum Gasteiger partial charge on any atom is 0.407 e. The molecule has 1 amide bonds. The molecule has 38 heavy (non-hydrogen) atoms. The van der Waals surface area contributed by atoms with Crippen LogP contribution in [0.4, 0.5) is 22.4 Å². The zero-order chi connectivity index (χ0) is 27.3. The number of hydrogen-bond acceptors (Lipinski definition) is 5. The van der Waals surface area contributed by atoms with Crippen molar-refractivity contribution in [2.24, 2.45) is 0 Å². The fourth-order valence-corrected chi connectivity index (χ4v) is 4.90. The third-order valence-corrected chi connectivity index (χ3v) is 6.53. The van der Waals surface area contributed by atoms with Crippen molar-refractivity contribution in [1.82, 2.24) is 15.2 Å². The summed E-state index contributed by atoms with van der Waals surface area (Å²) in [7, 11) is 1.48. The number of nitrogens with one attached hydrogen (secondary N) is 2. The van der Waals surface area contributed by atoms with E-state index in [0.29, 0.717) is 29.2 Å². The fourth-order valence-electron chi connectivity index (χ4n) is 4.90. The van der Waals surface area contributed by atoms with Crippen molar-refractivity contribution < 1.29 is 36.6 Å². The highest BCUT2D eigenvalue weighted by Gasteiger charge is 2.42. The number of amides is 1. The Morgan fingerprint density at radius 2 is 1.97 bits per heavy atom. The highest BCUT2D eigenvalue weighted by molar-refractivity contribution is 5.85. The number of aromatic nitrogens is 1. The summed E-state index contributed by atoms with van der Waals surface area (Å²) in [5, 5.41) is 3.50. The molecule has 206 valence electrons. The normalized spacial score (nSPS) is 17.7. The van der Waals surface area contributed by atoms with E-state index in [4.69, 9.17) is 14.2 Å². The van der Waals surface area contributed by atoms with Crippen molar-refractivity contribution in [2.45, 2.75) is 38.0 Å². The molecule has 3 aromatic rings. The van der Waals surface area contributed by atoms with Gasteiger partial charge in [0.25, 0.3) is 0 Å². The maximum absolute atomic E-state index is 13.7. The van der Waals surface area contributed by atoms with E-state index in [9.17, 15) is 22.4 Å². The second kappa shape index (κ2) is 11.9. The molecule has 1 aromatic heterocycles. The highest BCUT2D eigenvalue weighted by Crippen LogP contribution is 2.45. The van der Waals surface area contributed by atoms with Gasteiger partial charge >= 0.3 is 12.3 Å². The number of nitrogens with zero attached hydrogens (tertiary/aromatic N) is 1. The van der Waals surface area contributed by atoms with E-state index < -0.39 is 37.6 Å². The first-order chi connectivity index (χ1) is 18.2. The molecule has 2 atom stereocenters. The lowest BCUT2D eigenvalue weighted by Gasteiger charge is -2.41. The number of rotatable bonds is 10. The molecule has 11 heteroatoms.